The molecule has 5 heteroatoms. The molecule has 0 aliphatic heterocycles. The summed E-state index contributed by atoms with van der Waals surface area (Å²) in [5, 5.41) is 0.562. The molecule has 128 valence electrons. The van der Waals surface area contributed by atoms with Gasteiger partial charge in [0, 0.05) is 11.6 Å². The lowest BCUT2D eigenvalue weighted by molar-refractivity contribution is 0.0994. The van der Waals surface area contributed by atoms with Gasteiger partial charge in [-0.15, -0.1) is 0 Å². The maximum atomic E-state index is 12.8. The monoisotopic (exact) mass is 352 g/mol. The number of aryl methyl sites for hydroxylation is 2. The molecular formula is C20H20N2O2S. The number of aromatic nitrogens is 2. The van der Waals surface area contributed by atoms with Gasteiger partial charge in [-0.05, 0) is 55.5 Å². The molecule has 0 saturated carbocycles. The summed E-state index contributed by atoms with van der Waals surface area (Å²) in [5.41, 5.74) is 5.32. The van der Waals surface area contributed by atoms with Crippen LogP contribution >= 0.6 is 11.8 Å². The topological polar surface area (TPSA) is 55.0 Å². The summed E-state index contributed by atoms with van der Waals surface area (Å²) in [6, 6.07) is 11.9. The van der Waals surface area contributed by atoms with Crippen molar-refractivity contribution in [2.45, 2.75) is 36.6 Å². The number of nitrogens with one attached hydrogen (secondary N) is 1. The molecule has 0 spiro atoms. The molecule has 25 heavy (non-hydrogen) atoms. The third-order valence-corrected chi connectivity index (χ3v) is 5.69. The minimum Gasteiger partial charge on any atom is -0.497 e. The second-order valence-electron chi connectivity index (χ2n) is 6.39. The zero-order valence-electron chi connectivity index (χ0n) is 14.3. The van der Waals surface area contributed by atoms with Crippen molar-refractivity contribution in [3.8, 4) is 5.75 Å². The quantitative estimate of drug-likeness (QED) is 0.545. The number of nitrogens with zero attached hydrogens (tertiary/aromatic N) is 1. The molecule has 2 aromatic carbocycles. The first-order chi connectivity index (χ1) is 12.1. The van der Waals surface area contributed by atoms with Gasteiger partial charge in [0.05, 0.1) is 23.4 Å². The van der Waals surface area contributed by atoms with Crippen LogP contribution in [0.15, 0.2) is 41.6 Å². The average molecular weight is 352 g/mol. The van der Waals surface area contributed by atoms with Crippen molar-refractivity contribution in [3.05, 3.63) is 53.1 Å². The molecule has 1 aliphatic rings. The lowest BCUT2D eigenvalue weighted by Crippen LogP contribution is -2.14. The zero-order chi connectivity index (χ0) is 17.4. The van der Waals surface area contributed by atoms with Crippen LogP contribution in [0.1, 0.15) is 34.8 Å². The van der Waals surface area contributed by atoms with Crippen molar-refractivity contribution in [2.24, 2.45) is 0 Å². The second-order valence-corrected chi connectivity index (χ2v) is 7.72. The van der Waals surface area contributed by atoms with Gasteiger partial charge in [-0.3, -0.25) is 4.79 Å². The summed E-state index contributed by atoms with van der Waals surface area (Å²) in [5.74, 6) is 0.938. The Morgan fingerprint density at radius 2 is 2.04 bits per heavy atom. The highest BCUT2D eigenvalue weighted by Gasteiger charge is 2.20. The van der Waals surface area contributed by atoms with Crippen molar-refractivity contribution in [3.63, 3.8) is 0 Å². The molecular weight excluding hydrogens is 332 g/mol. The number of ether oxygens (including phenoxy) is 1. The zero-order valence-corrected chi connectivity index (χ0v) is 15.2. The largest absolute Gasteiger partial charge is 0.497 e. The van der Waals surface area contributed by atoms with Crippen molar-refractivity contribution in [1.82, 2.24) is 9.97 Å². The van der Waals surface area contributed by atoms with E-state index in [1.165, 1.54) is 29.3 Å². The first-order valence-corrected chi connectivity index (χ1v) is 9.38. The number of carbonyl (C=O) groups is 1. The van der Waals surface area contributed by atoms with E-state index in [2.05, 4.69) is 22.1 Å². The average Bonchev–Trinajstić information content (AvgIpc) is 3.25. The van der Waals surface area contributed by atoms with Crippen molar-refractivity contribution in [2.75, 3.05) is 7.11 Å². The molecule has 1 N–H and O–H groups in total. The van der Waals surface area contributed by atoms with E-state index in [-0.39, 0.29) is 11.0 Å². The number of imidazole rings is 1. The lowest BCUT2D eigenvalue weighted by atomic mass is 10.0. The van der Waals surface area contributed by atoms with Crippen LogP contribution < -0.4 is 4.74 Å². The summed E-state index contributed by atoms with van der Waals surface area (Å²) in [6.07, 6.45) is 3.42. The Bertz CT molecular complexity index is 948. The maximum absolute atomic E-state index is 12.8. The van der Waals surface area contributed by atoms with Crippen molar-refractivity contribution >= 4 is 28.6 Å². The fourth-order valence-corrected chi connectivity index (χ4v) is 4.23. The highest BCUT2D eigenvalue weighted by molar-refractivity contribution is 8.00. The summed E-state index contributed by atoms with van der Waals surface area (Å²) in [4.78, 5) is 20.6. The molecule has 1 atom stereocenters. The lowest BCUT2D eigenvalue weighted by Gasteiger charge is -2.10. The van der Waals surface area contributed by atoms with Gasteiger partial charge in [0.2, 0.25) is 0 Å². The summed E-state index contributed by atoms with van der Waals surface area (Å²) in [7, 11) is 1.64. The van der Waals surface area contributed by atoms with Crippen LogP contribution in [0, 0.1) is 0 Å². The van der Waals surface area contributed by atoms with E-state index in [4.69, 9.17) is 4.74 Å². The number of fused-ring (bicyclic) bond motifs is 2. The molecule has 1 unspecified atom stereocenters. The first kappa shape index (κ1) is 16.2. The van der Waals surface area contributed by atoms with Crippen LogP contribution in [-0.2, 0) is 12.8 Å². The van der Waals surface area contributed by atoms with E-state index in [9.17, 15) is 4.79 Å². The van der Waals surface area contributed by atoms with E-state index in [0.29, 0.717) is 0 Å². The van der Waals surface area contributed by atoms with E-state index in [1.54, 1.807) is 7.11 Å². The number of carbonyl (C=O) groups excluding carboxylic acids is 1. The highest BCUT2D eigenvalue weighted by atomic mass is 32.2. The van der Waals surface area contributed by atoms with Crippen LogP contribution in [0.4, 0.5) is 0 Å². The van der Waals surface area contributed by atoms with Gasteiger partial charge in [-0.1, -0.05) is 23.9 Å². The molecule has 4 nitrogen and oxygen atoms in total. The number of H-pyrrole nitrogens is 1. The predicted octanol–water partition coefficient (Wildman–Crippen LogP) is 4.42. The Balaban J connectivity index is 1.53. The molecule has 0 radical (unpaired) electrons. The van der Waals surface area contributed by atoms with Crippen molar-refractivity contribution < 1.29 is 9.53 Å². The minimum atomic E-state index is -0.193. The second kappa shape index (κ2) is 6.56. The number of ketones is 1. The van der Waals surface area contributed by atoms with Gasteiger partial charge in [-0.2, -0.15) is 0 Å². The Morgan fingerprint density at radius 1 is 1.20 bits per heavy atom. The van der Waals surface area contributed by atoms with Crippen LogP contribution in [0.25, 0.3) is 11.0 Å². The number of thioether (sulfide) groups is 1. The van der Waals surface area contributed by atoms with Gasteiger partial charge < -0.3 is 9.72 Å². The fraction of sp³-hybridized carbons (Fsp3) is 0.300. The fourth-order valence-electron chi connectivity index (χ4n) is 3.33. The predicted molar refractivity (Wildman–Crippen MR) is 101 cm³/mol. The summed E-state index contributed by atoms with van der Waals surface area (Å²) in [6.45, 7) is 1.94. The molecule has 1 aliphatic carbocycles. The van der Waals surface area contributed by atoms with Gasteiger partial charge in [0.1, 0.15) is 5.75 Å². The van der Waals surface area contributed by atoms with E-state index < -0.39 is 0 Å². The third-order valence-electron chi connectivity index (χ3n) is 4.71. The molecule has 3 aromatic rings. The number of hydrogen-bond donors (Lipinski definition) is 1. The molecule has 4 rings (SSSR count). The third kappa shape index (κ3) is 3.16. The first-order valence-electron chi connectivity index (χ1n) is 8.50. The number of methoxy groups -OCH3 is 1. The molecule has 0 bridgehead atoms. The number of aromatic amines is 1. The molecule has 1 heterocycles. The Labute approximate surface area is 151 Å². The molecule has 1 aromatic heterocycles. The van der Waals surface area contributed by atoms with E-state index in [0.717, 1.165) is 40.3 Å². The van der Waals surface area contributed by atoms with Crippen LogP contribution in [-0.4, -0.2) is 28.1 Å². The Hall–Kier alpha value is -2.27. The number of hydrogen-bond acceptors (Lipinski definition) is 4. The summed E-state index contributed by atoms with van der Waals surface area (Å²) < 4.78 is 5.24. The van der Waals surface area contributed by atoms with Crippen molar-refractivity contribution in [1.29, 1.82) is 0 Å². The Morgan fingerprint density at radius 3 is 2.88 bits per heavy atom. The van der Waals surface area contributed by atoms with Gasteiger partial charge in [-0.25, -0.2) is 4.98 Å². The summed E-state index contributed by atoms with van der Waals surface area (Å²) >= 11 is 1.46. The smallest absolute Gasteiger partial charge is 0.176 e. The van der Waals surface area contributed by atoms with Gasteiger partial charge in [0.25, 0.3) is 0 Å². The van der Waals surface area contributed by atoms with E-state index >= 15 is 0 Å². The normalized spacial score (nSPS) is 14.5. The molecule has 0 fully saturated rings. The number of rotatable bonds is 5. The minimum absolute atomic E-state index is 0.151. The van der Waals surface area contributed by atoms with Crippen LogP contribution in [0.2, 0.25) is 0 Å². The van der Waals surface area contributed by atoms with E-state index in [1.807, 2.05) is 31.2 Å². The van der Waals surface area contributed by atoms with Gasteiger partial charge in [0.15, 0.2) is 10.9 Å². The highest BCUT2D eigenvalue weighted by Crippen LogP contribution is 2.29. The standard InChI is InChI=1S/C20H20N2O2S/c1-12(19(23)15-7-6-13-4-3-5-14(13)10-15)25-20-21-17-9-8-16(24-2)11-18(17)22-20/h6-12H,3-5H2,1-2H3,(H,21,22). The molecule has 0 saturated heterocycles. The maximum Gasteiger partial charge on any atom is 0.176 e. The molecule has 0 amide bonds. The van der Waals surface area contributed by atoms with Crippen LogP contribution in [0.5, 0.6) is 5.75 Å². The van der Waals surface area contributed by atoms with Crippen LogP contribution in [0.3, 0.4) is 0 Å². The number of Topliss-reactive ketones (excluding diaryl/α,β-unsaturated/α-hetero) is 1. The Kier molecular flexibility index (Phi) is 4.25. The van der Waals surface area contributed by atoms with Gasteiger partial charge >= 0.3 is 0 Å². The number of benzene rings is 2. The SMILES string of the molecule is COc1ccc2nc(SC(C)C(=O)c3ccc4c(c3)CCC4)[nH]c2c1.